The van der Waals surface area contributed by atoms with E-state index in [-0.39, 0.29) is 5.56 Å². The molecule has 0 radical (unpaired) electrons. The monoisotopic (exact) mass is 421 g/mol. The minimum atomic E-state index is -1.09. The van der Waals surface area contributed by atoms with Crippen LogP contribution in [0.4, 0.5) is 0 Å². The summed E-state index contributed by atoms with van der Waals surface area (Å²) in [6.45, 7) is 8.08. The molecule has 8 heteroatoms. The van der Waals surface area contributed by atoms with Crippen molar-refractivity contribution in [2.75, 3.05) is 6.61 Å². The topological polar surface area (TPSA) is 59.9 Å². The maximum absolute atomic E-state index is 11.8. The first-order valence-electron chi connectivity index (χ1n) is 6.30. The second-order valence-corrected chi connectivity index (χ2v) is 13.0. The maximum atomic E-state index is 11.8. The van der Waals surface area contributed by atoms with Crippen LogP contribution in [0.1, 0.15) is 0 Å². The highest BCUT2D eigenvalue weighted by atomic mass is 79.9. The van der Waals surface area contributed by atoms with Gasteiger partial charge in [-0.1, -0.05) is 19.6 Å². The van der Waals surface area contributed by atoms with Gasteiger partial charge in [-0.3, -0.25) is 4.79 Å². The van der Waals surface area contributed by atoms with Crippen LogP contribution in [-0.2, 0) is 11.5 Å². The number of hydrogen-bond acceptors (Lipinski definition) is 3. The van der Waals surface area contributed by atoms with E-state index in [9.17, 15) is 4.79 Å². The molecule has 2 aromatic rings. The normalized spacial score (nSPS) is 12.2. The Morgan fingerprint density at radius 3 is 2.75 bits per heavy atom. The molecule has 2 rings (SSSR count). The van der Waals surface area contributed by atoms with Crippen LogP contribution in [0.3, 0.4) is 0 Å². The van der Waals surface area contributed by atoms with Gasteiger partial charge in [-0.2, -0.15) is 5.10 Å². The fourth-order valence-electron chi connectivity index (χ4n) is 1.79. The van der Waals surface area contributed by atoms with Gasteiger partial charge in [-0.25, -0.2) is 5.10 Å². The van der Waals surface area contributed by atoms with Gasteiger partial charge in [0.2, 0.25) is 0 Å². The lowest BCUT2D eigenvalue weighted by Crippen LogP contribution is -2.22. The molecule has 0 spiro atoms. The van der Waals surface area contributed by atoms with E-state index < -0.39 is 8.07 Å². The molecule has 0 aromatic carbocycles. The van der Waals surface area contributed by atoms with Gasteiger partial charge in [-0.05, 0) is 37.9 Å². The Morgan fingerprint density at radius 2 is 2.10 bits per heavy atom. The van der Waals surface area contributed by atoms with Crippen LogP contribution in [0.5, 0.6) is 0 Å². The largest absolute Gasteiger partial charge is 0.361 e. The first-order chi connectivity index (χ1) is 9.31. The van der Waals surface area contributed by atoms with Crippen molar-refractivity contribution in [3.05, 3.63) is 25.6 Å². The first-order valence-corrected chi connectivity index (χ1v) is 11.6. The number of halogens is 2. The molecule has 0 atom stereocenters. The van der Waals surface area contributed by atoms with Crippen molar-refractivity contribution in [3.8, 4) is 0 Å². The molecular weight excluding hydrogens is 406 g/mol. The summed E-state index contributed by atoms with van der Waals surface area (Å²) in [7, 11) is -1.09. The molecule has 0 saturated heterocycles. The summed E-state index contributed by atoms with van der Waals surface area (Å²) in [6.07, 6.45) is 1.63. The van der Waals surface area contributed by atoms with Crippen molar-refractivity contribution in [2.45, 2.75) is 32.4 Å². The van der Waals surface area contributed by atoms with E-state index in [2.05, 4.69) is 61.7 Å². The smallest absolute Gasteiger partial charge is 0.274 e. The van der Waals surface area contributed by atoms with Crippen LogP contribution in [0, 0.1) is 0 Å². The quantitative estimate of drug-likeness (QED) is 0.591. The van der Waals surface area contributed by atoms with E-state index in [1.54, 1.807) is 6.20 Å². The summed E-state index contributed by atoms with van der Waals surface area (Å²) in [5.74, 6) is 0. The van der Waals surface area contributed by atoms with Crippen molar-refractivity contribution < 1.29 is 4.74 Å². The highest BCUT2D eigenvalue weighted by molar-refractivity contribution is 9.13. The number of nitrogens with one attached hydrogen (secondary N) is 1. The fraction of sp³-hybridized carbons (Fsp3) is 0.500. The lowest BCUT2D eigenvalue weighted by molar-refractivity contribution is 0.0887. The van der Waals surface area contributed by atoms with E-state index in [0.717, 1.165) is 27.2 Å². The molecule has 0 bridgehead atoms. The highest BCUT2D eigenvalue weighted by Gasteiger charge is 2.17. The van der Waals surface area contributed by atoms with Crippen molar-refractivity contribution >= 4 is 50.8 Å². The van der Waals surface area contributed by atoms with Crippen molar-refractivity contribution in [3.63, 3.8) is 0 Å². The average molecular weight is 423 g/mol. The van der Waals surface area contributed by atoms with Crippen molar-refractivity contribution in [2.24, 2.45) is 0 Å². The van der Waals surface area contributed by atoms with E-state index in [1.807, 2.05) is 4.57 Å². The summed E-state index contributed by atoms with van der Waals surface area (Å²) >= 11 is 6.91. The third-order valence-electron chi connectivity index (χ3n) is 2.98. The molecule has 0 aliphatic carbocycles. The van der Waals surface area contributed by atoms with Gasteiger partial charge in [0.1, 0.15) is 11.3 Å². The SMILES string of the molecule is C[Si](C)(C)CCOCn1c(Br)c(Br)c2c(=O)[nH]ncc21. The summed E-state index contributed by atoms with van der Waals surface area (Å²) in [6, 6.07) is 1.11. The average Bonchev–Trinajstić information content (AvgIpc) is 2.59. The summed E-state index contributed by atoms with van der Waals surface area (Å²) in [5.41, 5.74) is 0.538. The number of nitrogens with zero attached hydrogens (tertiary/aromatic N) is 2. The molecule has 5 nitrogen and oxygen atoms in total. The molecule has 20 heavy (non-hydrogen) atoms. The summed E-state index contributed by atoms with van der Waals surface area (Å²) in [4.78, 5) is 11.8. The molecule has 0 unspecified atom stereocenters. The van der Waals surface area contributed by atoms with E-state index in [0.29, 0.717) is 12.1 Å². The number of fused-ring (bicyclic) bond motifs is 1. The lowest BCUT2D eigenvalue weighted by Gasteiger charge is -2.16. The maximum Gasteiger partial charge on any atom is 0.274 e. The minimum absolute atomic E-state index is 0.212. The number of ether oxygens (including phenoxy) is 1. The standard InChI is InChI=1S/C12H17Br2N3O2Si/c1-20(2,3)5-4-19-7-17-8-6-15-16-12(18)9(8)10(13)11(17)14/h6H,4-5,7H2,1-3H3,(H,16,18). The molecular formula is C12H17Br2N3O2Si. The van der Waals surface area contributed by atoms with Crippen LogP contribution in [0.15, 0.2) is 20.1 Å². The second-order valence-electron chi connectivity index (χ2n) is 5.84. The van der Waals surface area contributed by atoms with Crippen LogP contribution in [0.25, 0.3) is 10.9 Å². The van der Waals surface area contributed by atoms with E-state index in [4.69, 9.17) is 4.74 Å². The predicted molar refractivity (Wildman–Crippen MR) is 89.9 cm³/mol. The Hall–Kier alpha value is -0.443. The van der Waals surface area contributed by atoms with Gasteiger partial charge in [0.05, 0.1) is 21.6 Å². The van der Waals surface area contributed by atoms with Crippen molar-refractivity contribution in [1.29, 1.82) is 0 Å². The molecule has 2 aromatic heterocycles. The number of rotatable bonds is 5. The van der Waals surface area contributed by atoms with Gasteiger partial charge in [-0.15, -0.1) is 0 Å². The number of H-pyrrole nitrogens is 1. The Labute approximate surface area is 135 Å². The van der Waals surface area contributed by atoms with Crippen LogP contribution < -0.4 is 5.56 Å². The minimum Gasteiger partial charge on any atom is -0.361 e. The Kier molecular flexibility index (Phi) is 4.88. The van der Waals surface area contributed by atoms with Crippen LogP contribution in [-0.4, -0.2) is 29.4 Å². The molecule has 0 aliphatic heterocycles. The van der Waals surface area contributed by atoms with Crippen LogP contribution in [0.2, 0.25) is 25.7 Å². The first kappa shape index (κ1) is 15.9. The lowest BCUT2D eigenvalue weighted by atomic mass is 10.4. The van der Waals surface area contributed by atoms with Crippen molar-refractivity contribution in [1.82, 2.24) is 14.8 Å². The van der Waals surface area contributed by atoms with Gasteiger partial charge >= 0.3 is 0 Å². The van der Waals surface area contributed by atoms with Gasteiger partial charge in [0.25, 0.3) is 5.56 Å². The Balaban J connectivity index is 2.21. The van der Waals surface area contributed by atoms with E-state index in [1.165, 1.54) is 0 Å². The number of hydrogen-bond donors (Lipinski definition) is 1. The fourth-order valence-corrected chi connectivity index (χ4v) is 3.64. The molecule has 1 N–H and O–H groups in total. The third-order valence-corrected chi connectivity index (χ3v) is 6.81. The third kappa shape index (κ3) is 3.41. The summed E-state index contributed by atoms with van der Waals surface area (Å²) in [5, 5.41) is 6.87. The number of aromatic amines is 1. The zero-order valence-corrected chi connectivity index (χ0v) is 15.8. The predicted octanol–water partition coefficient (Wildman–Crippen LogP) is 3.56. The molecule has 0 aliphatic rings. The molecule has 0 saturated carbocycles. The zero-order chi connectivity index (χ0) is 14.9. The Bertz CT molecular complexity index is 676. The molecule has 0 fully saturated rings. The summed E-state index contributed by atoms with van der Waals surface area (Å²) < 4.78 is 9.16. The Morgan fingerprint density at radius 1 is 1.40 bits per heavy atom. The second kappa shape index (κ2) is 6.13. The molecule has 110 valence electrons. The zero-order valence-electron chi connectivity index (χ0n) is 11.7. The van der Waals surface area contributed by atoms with Gasteiger partial charge in [0, 0.05) is 14.7 Å². The molecule has 2 heterocycles. The van der Waals surface area contributed by atoms with Gasteiger partial charge < -0.3 is 9.30 Å². The van der Waals surface area contributed by atoms with Crippen LogP contribution >= 0.6 is 31.9 Å². The van der Waals surface area contributed by atoms with Gasteiger partial charge in [0.15, 0.2) is 0 Å². The highest BCUT2D eigenvalue weighted by Crippen LogP contribution is 2.32. The van der Waals surface area contributed by atoms with E-state index >= 15 is 0 Å². The molecule has 0 amide bonds. The number of aromatic nitrogens is 3.